The van der Waals surface area contributed by atoms with Crippen LogP contribution in [0.5, 0.6) is 0 Å². The number of piperidine rings is 1. The zero-order chi connectivity index (χ0) is 16.2. The fourth-order valence-corrected chi connectivity index (χ4v) is 3.33. The van der Waals surface area contributed by atoms with Crippen LogP contribution in [0.25, 0.3) is 16.5 Å². The van der Waals surface area contributed by atoms with Crippen LogP contribution in [-0.2, 0) is 4.79 Å². The first kappa shape index (κ1) is 15.8. The third-order valence-electron chi connectivity index (χ3n) is 4.65. The molecule has 2 aromatic rings. The maximum Gasteiger partial charge on any atom is 0.251 e. The van der Waals surface area contributed by atoms with Crippen molar-refractivity contribution in [3.8, 4) is 0 Å². The second-order valence-electron chi connectivity index (χ2n) is 6.32. The number of nitrogens with zero attached hydrogens (tertiary/aromatic N) is 1. The third-order valence-corrected chi connectivity index (χ3v) is 4.65. The number of para-hydroxylation sites is 1. The molecule has 4 heteroatoms. The van der Waals surface area contributed by atoms with Crippen molar-refractivity contribution in [1.82, 2.24) is 15.2 Å². The molecule has 1 aromatic carbocycles. The quantitative estimate of drug-likeness (QED) is 0.833. The number of rotatable bonds is 5. The zero-order valence-corrected chi connectivity index (χ0v) is 13.8. The Bertz CT molecular complexity index is 695. The largest absolute Gasteiger partial charge is 0.361 e. The molecule has 0 aliphatic carbocycles. The van der Waals surface area contributed by atoms with Gasteiger partial charge >= 0.3 is 0 Å². The van der Waals surface area contributed by atoms with E-state index in [0.29, 0.717) is 5.57 Å². The molecule has 1 saturated heterocycles. The summed E-state index contributed by atoms with van der Waals surface area (Å²) in [6.07, 6.45) is 5.10. The van der Waals surface area contributed by atoms with E-state index in [4.69, 9.17) is 0 Å². The first-order valence-corrected chi connectivity index (χ1v) is 8.47. The smallest absolute Gasteiger partial charge is 0.251 e. The molecular formula is C19H25N3O. The van der Waals surface area contributed by atoms with Crippen molar-refractivity contribution in [1.29, 1.82) is 0 Å². The second-order valence-corrected chi connectivity index (χ2v) is 6.32. The van der Waals surface area contributed by atoms with Gasteiger partial charge in [-0.05, 0) is 31.9 Å². The normalized spacial score (nSPS) is 16.6. The minimum absolute atomic E-state index is 0.0521. The van der Waals surface area contributed by atoms with Gasteiger partial charge in [0.2, 0.25) is 0 Å². The molecule has 2 heterocycles. The Morgan fingerprint density at radius 1 is 1.35 bits per heavy atom. The van der Waals surface area contributed by atoms with Crippen molar-refractivity contribution in [3.05, 3.63) is 42.6 Å². The van der Waals surface area contributed by atoms with E-state index in [2.05, 4.69) is 28.7 Å². The summed E-state index contributed by atoms with van der Waals surface area (Å²) in [5.41, 5.74) is 2.46. The first-order chi connectivity index (χ1) is 11.2. The van der Waals surface area contributed by atoms with Crippen LogP contribution in [0.3, 0.4) is 0 Å². The molecule has 0 saturated carbocycles. The highest BCUT2D eigenvalue weighted by molar-refractivity contribution is 6.22. The standard InChI is InChI=1S/C19H25N3O/c1-3-10-22-11-8-15(9-12-22)21-19(23)14(2)17-13-20-18-7-5-4-6-16(17)18/h4-7,13,15,20H,2-3,8-12H2,1H3,(H,21,23). The number of fused-ring (bicyclic) bond motifs is 1. The summed E-state index contributed by atoms with van der Waals surface area (Å²) in [7, 11) is 0. The van der Waals surface area contributed by atoms with Crippen molar-refractivity contribution in [2.45, 2.75) is 32.2 Å². The van der Waals surface area contributed by atoms with Crippen LogP contribution < -0.4 is 5.32 Å². The number of benzene rings is 1. The number of aromatic amines is 1. The molecule has 2 N–H and O–H groups in total. The van der Waals surface area contributed by atoms with Crippen LogP contribution in [0.2, 0.25) is 0 Å². The van der Waals surface area contributed by atoms with E-state index in [1.165, 1.54) is 6.42 Å². The highest BCUT2D eigenvalue weighted by atomic mass is 16.1. The Morgan fingerprint density at radius 3 is 2.83 bits per heavy atom. The highest BCUT2D eigenvalue weighted by Gasteiger charge is 2.22. The molecule has 0 unspecified atom stereocenters. The molecule has 1 amide bonds. The van der Waals surface area contributed by atoms with Gasteiger partial charge in [0.15, 0.2) is 0 Å². The number of likely N-dealkylation sites (tertiary alicyclic amines) is 1. The maximum absolute atomic E-state index is 12.5. The number of hydrogen-bond donors (Lipinski definition) is 2. The number of carbonyl (C=O) groups excluding carboxylic acids is 1. The number of carbonyl (C=O) groups is 1. The minimum Gasteiger partial charge on any atom is -0.361 e. The molecule has 0 spiro atoms. The number of amides is 1. The molecule has 1 aliphatic rings. The van der Waals surface area contributed by atoms with Crippen molar-refractivity contribution in [2.75, 3.05) is 19.6 Å². The Balaban J connectivity index is 1.61. The van der Waals surface area contributed by atoms with Crippen molar-refractivity contribution < 1.29 is 4.79 Å². The van der Waals surface area contributed by atoms with Crippen LogP contribution in [0.1, 0.15) is 31.7 Å². The SMILES string of the molecule is C=C(C(=O)NC1CCN(CCC)CC1)c1c[nH]c2ccccc12. The Hall–Kier alpha value is -2.07. The zero-order valence-electron chi connectivity index (χ0n) is 13.8. The lowest BCUT2D eigenvalue weighted by atomic mass is 10.0. The van der Waals surface area contributed by atoms with Gasteiger partial charge in [-0.15, -0.1) is 0 Å². The van der Waals surface area contributed by atoms with Gasteiger partial charge in [0.1, 0.15) is 0 Å². The van der Waals surface area contributed by atoms with Crippen LogP contribution in [0.15, 0.2) is 37.0 Å². The molecule has 0 bridgehead atoms. The number of nitrogens with one attached hydrogen (secondary N) is 2. The maximum atomic E-state index is 12.5. The third kappa shape index (κ3) is 3.48. The Morgan fingerprint density at radius 2 is 2.09 bits per heavy atom. The van der Waals surface area contributed by atoms with Crippen molar-refractivity contribution in [3.63, 3.8) is 0 Å². The summed E-state index contributed by atoms with van der Waals surface area (Å²) in [6, 6.07) is 8.25. The topological polar surface area (TPSA) is 48.1 Å². The molecule has 1 aliphatic heterocycles. The van der Waals surface area contributed by atoms with Crippen molar-refractivity contribution >= 4 is 22.4 Å². The first-order valence-electron chi connectivity index (χ1n) is 8.47. The Kier molecular flexibility index (Phi) is 4.82. The summed E-state index contributed by atoms with van der Waals surface area (Å²) < 4.78 is 0. The lowest BCUT2D eigenvalue weighted by Crippen LogP contribution is -2.44. The molecule has 1 aromatic heterocycles. The van der Waals surface area contributed by atoms with Gasteiger partial charge in [-0.2, -0.15) is 0 Å². The average molecular weight is 311 g/mol. The minimum atomic E-state index is -0.0521. The van der Waals surface area contributed by atoms with Gasteiger partial charge in [0.05, 0.1) is 0 Å². The van der Waals surface area contributed by atoms with Gasteiger partial charge in [-0.25, -0.2) is 0 Å². The number of hydrogen-bond acceptors (Lipinski definition) is 2. The molecule has 0 atom stereocenters. The molecule has 1 fully saturated rings. The van der Waals surface area contributed by atoms with E-state index < -0.39 is 0 Å². The highest BCUT2D eigenvalue weighted by Crippen LogP contribution is 2.24. The fourth-order valence-electron chi connectivity index (χ4n) is 3.33. The van der Waals surface area contributed by atoms with Crippen LogP contribution in [-0.4, -0.2) is 41.5 Å². The summed E-state index contributed by atoms with van der Waals surface area (Å²) in [5.74, 6) is -0.0521. The van der Waals surface area contributed by atoms with Gasteiger partial charge in [-0.1, -0.05) is 31.7 Å². The lowest BCUT2D eigenvalue weighted by molar-refractivity contribution is -0.116. The number of H-pyrrole nitrogens is 1. The molecule has 23 heavy (non-hydrogen) atoms. The average Bonchev–Trinajstić information content (AvgIpc) is 3.00. The van der Waals surface area contributed by atoms with Gasteiger partial charge < -0.3 is 15.2 Å². The fraction of sp³-hybridized carbons (Fsp3) is 0.421. The summed E-state index contributed by atoms with van der Waals surface area (Å²) in [6.45, 7) is 9.51. The predicted molar refractivity (Wildman–Crippen MR) is 95.2 cm³/mol. The monoisotopic (exact) mass is 311 g/mol. The molecule has 0 radical (unpaired) electrons. The van der Waals surface area contributed by atoms with Crippen molar-refractivity contribution in [2.24, 2.45) is 0 Å². The van der Waals surface area contributed by atoms with E-state index in [1.54, 1.807) is 0 Å². The lowest BCUT2D eigenvalue weighted by Gasteiger charge is -2.32. The molecule has 3 rings (SSSR count). The summed E-state index contributed by atoms with van der Waals surface area (Å²) in [5, 5.41) is 4.20. The number of aromatic nitrogens is 1. The Labute approximate surface area is 137 Å². The van der Waals surface area contributed by atoms with Crippen LogP contribution >= 0.6 is 0 Å². The van der Waals surface area contributed by atoms with E-state index >= 15 is 0 Å². The van der Waals surface area contributed by atoms with E-state index in [-0.39, 0.29) is 11.9 Å². The van der Waals surface area contributed by atoms with Crippen LogP contribution in [0, 0.1) is 0 Å². The van der Waals surface area contributed by atoms with Gasteiger partial charge in [0.25, 0.3) is 5.91 Å². The van der Waals surface area contributed by atoms with E-state index in [1.807, 2.05) is 30.5 Å². The van der Waals surface area contributed by atoms with Gasteiger partial charge in [-0.3, -0.25) is 4.79 Å². The van der Waals surface area contributed by atoms with E-state index in [9.17, 15) is 4.79 Å². The van der Waals surface area contributed by atoms with Crippen LogP contribution in [0.4, 0.5) is 0 Å². The molecular weight excluding hydrogens is 286 g/mol. The molecule has 122 valence electrons. The van der Waals surface area contributed by atoms with E-state index in [0.717, 1.165) is 48.9 Å². The summed E-state index contributed by atoms with van der Waals surface area (Å²) in [4.78, 5) is 18.2. The molecule has 4 nitrogen and oxygen atoms in total. The predicted octanol–water partition coefficient (Wildman–Crippen LogP) is 3.17. The second kappa shape index (κ2) is 7.01. The van der Waals surface area contributed by atoms with Gasteiger partial charge in [0, 0.05) is 47.4 Å². The summed E-state index contributed by atoms with van der Waals surface area (Å²) >= 11 is 0.